The standard InChI is InChI=1S/C9H13NO2/c1-3-8-6-9(12)4-5-10(8)7(2)11/h4-5,8H,3,6H2,1-2H3/t8-/m0/s1. The zero-order valence-electron chi connectivity index (χ0n) is 7.41. The van der Waals surface area contributed by atoms with Gasteiger partial charge in [0.05, 0.1) is 0 Å². The van der Waals surface area contributed by atoms with Gasteiger partial charge in [-0.3, -0.25) is 9.59 Å². The van der Waals surface area contributed by atoms with E-state index in [2.05, 4.69) is 0 Å². The highest BCUT2D eigenvalue weighted by Crippen LogP contribution is 2.15. The van der Waals surface area contributed by atoms with Gasteiger partial charge in [0.2, 0.25) is 5.91 Å². The highest BCUT2D eigenvalue weighted by Gasteiger charge is 2.22. The molecule has 1 rings (SSSR count). The lowest BCUT2D eigenvalue weighted by molar-refractivity contribution is -0.129. The lowest BCUT2D eigenvalue weighted by Gasteiger charge is -2.28. The van der Waals surface area contributed by atoms with E-state index in [9.17, 15) is 9.59 Å². The number of nitrogens with zero attached hydrogens (tertiary/aromatic N) is 1. The summed E-state index contributed by atoms with van der Waals surface area (Å²) in [6.07, 6.45) is 4.35. The molecular weight excluding hydrogens is 154 g/mol. The summed E-state index contributed by atoms with van der Waals surface area (Å²) in [5.74, 6) is 0.116. The molecule has 0 aromatic carbocycles. The molecular formula is C9H13NO2. The minimum Gasteiger partial charge on any atom is -0.316 e. The molecule has 66 valence electrons. The van der Waals surface area contributed by atoms with Crippen LogP contribution in [0.3, 0.4) is 0 Å². The van der Waals surface area contributed by atoms with E-state index in [-0.39, 0.29) is 17.7 Å². The zero-order chi connectivity index (χ0) is 9.14. The van der Waals surface area contributed by atoms with Gasteiger partial charge in [0.1, 0.15) is 0 Å². The van der Waals surface area contributed by atoms with Gasteiger partial charge >= 0.3 is 0 Å². The van der Waals surface area contributed by atoms with Gasteiger partial charge in [0.25, 0.3) is 0 Å². The largest absolute Gasteiger partial charge is 0.316 e. The van der Waals surface area contributed by atoms with Crippen LogP contribution in [0.1, 0.15) is 26.7 Å². The molecule has 1 aliphatic rings. The van der Waals surface area contributed by atoms with E-state index in [1.165, 1.54) is 13.0 Å². The quantitative estimate of drug-likeness (QED) is 0.586. The third kappa shape index (κ3) is 1.72. The summed E-state index contributed by atoms with van der Waals surface area (Å²) < 4.78 is 0. The van der Waals surface area contributed by atoms with Gasteiger partial charge in [0, 0.05) is 25.6 Å². The Balaban J connectivity index is 2.78. The van der Waals surface area contributed by atoms with Crippen molar-refractivity contribution in [1.82, 2.24) is 4.90 Å². The first-order valence-corrected chi connectivity index (χ1v) is 4.15. The molecule has 12 heavy (non-hydrogen) atoms. The van der Waals surface area contributed by atoms with Crippen molar-refractivity contribution in [3.05, 3.63) is 12.3 Å². The van der Waals surface area contributed by atoms with E-state index in [1.54, 1.807) is 11.1 Å². The van der Waals surface area contributed by atoms with Crippen molar-refractivity contribution in [2.75, 3.05) is 0 Å². The molecule has 0 aromatic rings. The van der Waals surface area contributed by atoms with Gasteiger partial charge in [-0.2, -0.15) is 0 Å². The third-order valence-corrected chi connectivity index (χ3v) is 2.09. The van der Waals surface area contributed by atoms with Gasteiger partial charge < -0.3 is 4.90 Å². The first-order chi connectivity index (χ1) is 5.65. The molecule has 0 aliphatic carbocycles. The summed E-state index contributed by atoms with van der Waals surface area (Å²) in [6.45, 7) is 3.50. The Hall–Kier alpha value is -1.12. The van der Waals surface area contributed by atoms with Crippen LogP contribution in [-0.2, 0) is 9.59 Å². The van der Waals surface area contributed by atoms with Crippen LogP contribution in [0.2, 0.25) is 0 Å². The zero-order valence-corrected chi connectivity index (χ0v) is 7.41. The molecule has 0 spiro atoms. The number of rotatable bonds is 1. The fraction of sp³-hybridized carbons (Fsp3) is 0.556. The van der Waals surface area contributed by atoms with Crippen LogP contribution in [0.15, 0.2) is 12.3 Å². The lowest BCUT2D eigenvalue weighted by atomic mass is 10.0. The first kappa shape index (κ1) is 8.97. The van der Waals surface area contributed by atoms with E-state index in [4.69, 9.17) is 0 Å². The van der Waals surface area contributed by atoms with Gasteiger partial charge in [-0.1, -0.05) is 6.92 Å². The van der Waals surface area contributed by atoms with Crippen molar-refractivity contribution in [2.45, 2.75) is 32.7 Å². The molecule has 0 unspecified atom stereocenters. The molecule has 0 fully saturated rings. The Kier molecular flexibility index (Phi) is 2.63. The summed E-state index contributed by atoms with van der Waals surface area (Å²) in [7, 11) is 0. The van der Waals surface area contributed by atoms with Crippen molar-refractivity contribution in [1.29, 1.82) is 0 Å². The van der Waals surface area contributed by atoms with Crippen LogP contribution in [-0.4, -0.2) is 22.6 Å². The second-order valence-corrected chi connectivity index (χ2v) is 2.97. The van der Waals surface area contributed by atoms with E-state index in [0.717, 1.165) is 6.42 Å². The van der Waals surface area contributed by atoms with E-state index < -0.39 is 0 Å². The van der Waals surface area contributed by atoms with E-state index in [0.29, 0.717) is 6.42 Å². The lowest BCUT2D eigenvalue weighted by Crippen LogP contribution is -2.38. The Bertz CT molecular complexity index is 233. The van der Waals surface area contributed by atoms with Gasteiger partial charge in [-0.15, -0.1) is 0 Å². The summed E-state index contributed by atoms with van der Waals surface area (Å²) in [6, 6.07) is 0.0694. The SMILES string of the molecule is CC[C@H]1CC(=O)C=CN1C(C)=O. The molecule has 3 heteroatoms. The van der Waals surface area contributed by atoms with Gasteiger partial charge in [-0.05, 0) is 12.5 Å². The van der Waals surface area contributed by atoms with Crippen LogP contribution < -0.4 is 0 Å². The maximum atomic E-state index is 11.0. The van der Waals surface area contributed by atoms with Crippen LogP contribution >= 0.6 is 0 Å². The number of hydrogen-bond acceptors (Lipinski definition) is 2. The molecule has 1 aliphatic heterocycles. The average Bonchev–Trinajstić information content (AvgIpc) is 2.03. The predicted molar refractivity (Wildman–Crippen MR) is 45.4 cm³/mol. The Morgan fingerprint density at radius 1 is 1.75 bits per heavy atom. The molecule has 0 aromatic heterocycles. The van der Waals surface area contributed by atoms with Crippen molar-refractivity contribution in [3.63, 3.8) is 0 Å². The molecule has 0 saturated carbocycles. The van der Waals surface area contributed by atoms with Crippen LogP contribution in [0, 0.1) is 0 Å². The number of ketones is 1. The molecule has 0 saturated heterocycles. The molecule has 1 amide bonds. The number of carbonyl (C=O) groups excluding carboxylic acids is 2. The highest BCUT2D eigenvalue weighted by atomic mass is 16.2. The minimum atomic E-state index is 0.00519. The summed E-state index contributed by atoms with van der Waals surface area (Å²) >= 11 is 0. The molecule has 0 N–H and O–H groups in total. The molecule has 1 heterocycles. The van der Waals surface area contributed by atoms with Crippen molar-refractivity contribution < 1.29 is 9.59 Å². The van der Waals surface area contributed by atoms with E-state index in [1.807, 2.05) is 6.92 Å². The molecule has 1 atom stereocenters. The first-order valence-electron chi connectivity index (χ1n) is 4.15. The van der Waals surface area contributed by atoms with Gasteiger partial charge in [-0.25, -0.2) is 0 Å². The number of allylic oxidation sites excluding steroid dienone is 1. The Morgan fingerprint density at radius 2 is 2.42 bits per heavy atom. The molecule has 3 nitrogen and oxygen atoms in total. The highest BCUT2D eigenvalue weighted by molar-refractivity contribution is 5.92. The fourth-order valence-electron chi connectivity index (χ4n) is 1.39. The second kappa shape index (κ2) is 3.52. The van der Waals surface area contributed by atoms with Crippen LogP contribution in [0.5, 0.6) is 0 Å². The number of hydrogen-bond donors (Lipinski definition) is 0. The maximum Gasteiger partial charge on any atom is 0.223 e. The second-order valence-electron chi connectivity index (χ2n) is 2.97. The van der Waals surface area contributed by atoms with Crippen molar-refractivity contribution >= 4 is 11.7 Å². The smallest absolute Gasteiger partial charge is 0.223 e. The monoisotopic (exact) mass is 167 g/mol. The summed E-state index contributed by atoms with van der Waals surface area (Å²) in [5, 5.41) is 0. The average molecular weight is 167 g/mol. The van der Waals surface area contributed by atoms with Crippen molar-refractivity contribution in [3.8, 4) is 0 Å². The normalized spacial score (nSPS) is 23.0. The summed E-state index contributed by atoms with van der Waals surface area (Å²) in [5.41, 5.74) is 0. The fourth-order valence-corrected chi connectivity index (χ4v) is 1.39. The Labute approximate surface area is 72.0 Å². The number of carbonyl (C=O) groups is 2. The van der Waals surface area contributed by atoms with Crippen LogP contribution in [0.25, 0.3) is 0 Å². The minimum absolute atomic E-state index is 0.00519. The predicted octanol–water partition coefficient (Wildman–Crippen LogP) is 1.10. The summed E-state index contributed by atoms with van der Waals surface area (Å²) in [4.78, 5) is 23.6. The number of amides is 1. The van der Waals surface area contributed by atoms with Crippen molar-refractivity contribution in [2.24, 2.45) is 0 Å². The molecule has 0 radical (unpaired) electrons. The maximum absolute atomic E-state index is 11.0. The van der Waals surface area contributed by atoms with E-state index >= 15 is 0 Å². The van der Waals surface area contributed by atoms with Crippen LogP contribution in [0.4, 0.5) is 0 Å². The van der Waals surface area contributed by atoms with Gasteiger partial charge in [0.15, 0.2) is 5.78 Å². The molecule has 0 bridgehead atoms. The topological polar surface area (TPSA) is 37.4 Å². The Morgan fingerprint density at radius 3 is 2.92 bits per heavy atom. The third-order valence-electron chi connectivity index (χ3n) is 2.09.